The van der Waals surface area contributed by atoms with Gasteiger partial charge in [-0.3, -0.25) is 37.3 Å². The SMILES string of the molecule is CCCCCCCCCCCCCCCCC(=O)OC[C@H](COP(=O)(O)OC[C@@H](O)COP(=O)(O)OC[C@@H](COC(=O)CCCCCCCCC)OC(=O)CCCCCCCCCCCCC(C)C)OC(=O)CCCCCCCCCCCCCCC(C)C. The Morgan fingerprint density at radius 2 is 0.517 bits per heavy atom. The number of unbranched alkanes of at least 4 members (excludes halogenated alkanes) is 39. The van der Waals surface area contributed by atoms with Gasteiger partial charge in [-0.2, -0.15) is 0 Å². The minimum Gasteiger partial charge on any atom is -0.462 e. The largest absolute Gasteiger partial charge is 0.472 e. The first kappa shape index (κ1) is 87.1. The lowest BCUT2D eigenvalue weighted by Crippen LogP contribution is -2.30. The van der Waals surface area contributed by atoms with Gasteiger partial charge in [0.15, 0.2) is 12.2 Å². The molecule has 19 heteroatoms. The Morgan fingerprint density at radius 1 is 0.303 bits per heavy atom. The number of rotatable bonds is 69. The highest BCUT2D eigenvalue weighted by molar-refractivity contribution is 7.47. The molecule has 0 aromatic carbocycles. The summed E-state index contributed by atoms with van der Waals surface area (Å²) in [5.74, 6) is -0.598. The Hall–Kier alpha value is -1.94. The van der Waals surface area contributed by atoms with Gasteiger partial charge in [0.2, 0.25) is 0 Å². The molecule has 2 unspecified atom stereocenters. The maximum Gasteiger partial charge on any atom is 0.472 e. The molecule has 0 aromatic heterocycles. The molecular formula is C70H136O17P2. The van der Waals surface area contributed by atoms with Crippen molar-refractivity contribution in [3.63, 3.8) is 0 Å². The Kier molecular flexibility index (Phi) is 60.8. The number of esters is 4. The zero-order valence-corrected chi connectivity index (χ0v) is 59.5. The molecule has 0 radical (unpaired) electrons. The van der Waals surface area contributed by atoms with Crippen molar-refractivity contribution < 1.29 is 80.2 Å². The van der Waals surface area contributed by atoms with Crippen LogP contribution >= 0.6 is 15.6 Å². The van der Waals surface area contributed by atoms with E-state index in [1.807, 2.05) is 0 Å². The lowest BCUT2D eigenvalue weighted by molar-refractivity contribution is -0.161. The number of phosphoric ester groups is 2. The number of aliphatic hydroxyl groups is 1. The summed E-state index contributed by atoms with van der Waals surface area (Å²) in [7, 11) is -9.90. The van der Waals surface area contributed by atoms with Crippen LogP contribution in [-0.2, 0) is 65.4 Å². The van der Waals surface area contributed by atoms with Gasteiger partial charge < -0.3 is 33.8 Å². The van der Waals surface area contributed by atoms with Crippen LogP contribution in [0.5, 0.6) is 0 Å². The summed E-state index contributed by atoms with van der Waals surface area (Å²) in [5, 5.41) is 10.6. The van der Waals surface area contributed by atoms with Crippen LogP contribution in [0, 0.1) is 11.8 Å². The highest BCUT2D eigenvalue weighted by Crippen LogP contribution is 2.45. The maximum absolute atomic E-state index is 13.0. The lowest BCUT2D eigenvalue weighted by Gasteiger charge is -2.21. The van der Waals surface area contributed by atoms with Gasteiger partial charge in [0.1, 0.15) is 19.3 Å². The van der Waals surface area contributed by atoms with Crippen molar-refractivity contribution >= 4 is 39.5 Å². The van der Waals surface area contributed by atoms with Crippen molar-refractivity contribution in [2.45, 2.75) is 374 Å². The second kappa shape index (κ2) is 62.2. The lowest BCUT2D eigenvalue weighted by atomic mass is 10.0. The normalized spacial score (nSPS) is 14.1. The predicted octanol–water partition coefficient (Wildman–Crippen LogP) is 20.0. The summed E-state index contributed by atoms with van der Waals surface area (Å²) in [6.45, 7) is 9.51. The molecule has 0 rings (SSSR count). The van der Waals surface area contributed by atoms with E-state index in [4.69, 9.17) is 37.0 Å². The first-order chi connectivity index (χ1) is 42.9. The number of carbonyl (C=O) groups is 4. The van der Waals surface area contributed by atoms with Crippen LogP contribution in [0.15, 0.2) is 0 Å². The molecule has 0 saturated carbocycles. The summed E-state index contributed by atoms with van der Waals surface area (Å²) in [6.07, 6.45) is 47.2. The molecule has 5 atom stereocenters. The molecule has 0 heterocycles. The van der Waals surface area contributed by atoms with Crippen molar-refractivity contribution in [1.29, 1.82) is 0 Å². The molecule has 528 valence electrons. The van der Waals surface area contributed by atoms with E-state index < -0.39 is 97.5 Å². The van der Waals surface area contributed by atoms with Gasteiger partial charge in [-0.05, 0) is 37.5 Å². The molecule has 0 aromatic rings. The number of hydrogen-bond donors (Lipinski definition) is 3. The summed E-state index contributed by atoms with van der Waals surface area (Å²) in [4.78, 5) is 72.4. The third-order valence-corrected chi connectivity index (χ3v) is 18.1. The molecule has 0 bridgehead atoms. The second-order valence-corrected chi connectivity index (χ2v) is 29.1. The third kappa shape index (κ3) is 64.6. The number of hydrogen-bond acceptors (Lipinski definition) is 15. The minimum atomic E-state index is -4.95. The van der Waals surface area contributed by atoms with E-state index in [1.54, 1.807) is 0 Å². The van der Waals surface area contributed by atoms with Crippen molar-refractivity contribution in [2.24, 2.45) is 11.8 Å². The molecule has 89 heavy (non-hydrogen) atoms. The average molecular weight is 1310 g/mol. The molecule has 3 N–H and O–H groups in total. The van der Waals surface area contributed by atoms with Crippen LogP contribution in [0.3, 0.4) is 0 Å². The first-order valence-electron chi connectivity index (χ1n) is 36.5. The maximum atomic E-state index is 13.0. The monoisotopic (exact) mass is 1310 g/mol. The van der Waals surface area contributed by atoms with Gasteiger partial charge in [-0.15, -0.1) is 0 Å². The molecule has 0 aliphatic rings. The van der Waals surface area contributed by atoms with Gasteiger partial charge in [-0.25, -0.2) is 9.13 Å². The predicted molar refractivity (Wildman–Crippen MR) is 358 cm³/mol. The van der Waals surface area contributed by atoms with Crippen molar-refractivity contribution in [1.82, 2.24) is 0 Å². The fourth-order valence-electron chi connectivity index (χ4n) is 10.6. The van der Waals surface area contributed by atoms with Gasteiger partial charge in [0.25, 0.3) is 0 Å². The van der Waals surface area contributed by atoms with Crippen LogP contribution in [0.2, 0.25) is 0 Å². The number of aliphatic hydroxyl groups excluding tert-OH is 1. The van der Waals surface area contributed by atoms with E-state index in [2.05, 4.69) is 41.5 Å². The van der Waals surface area contributed by atoms with Crippen LogP contribution in [0.1, 0.15) is 356 Å². The molecule has 0 aliphatic carbocycles. The fraction of sp³-hybridized carbons (Fsp3) is 0.943. The molecule has 0 fully saturated rings. The number of phosphoric acid groups is 2. The smallest absolute Gasteiger partial charge is 0.462 e. The zero-order chi connectivity index (χ0) is 65.7. The highest BCUT2D eigenvalue weighted by atomic mass is 31.2. The number of ether oxygens (including phenoxy) is 4. The Morgan fingerprint density at radius 3 is 0.764 bits per heavy atom. The fourth-order valence-corrected chi connectivity index (χ4v) is 12.2. The molecule has 0 amide bonds. The van der Waals surface area contributed by atoms with Gasteiger partial charge >= 0.3 is 39.5 Å². The molecule has 0 spiro atoms. The number of carbonyl (C=O) groups excluding carboxylic acids is 4. The van der Waals surface area contributed by atoms with Crippen LogP contribution in [-0.4, -0.2) is 96.7 Å². The minimum absolute atomic E-state index is 0.106. The van der Waals surface area contributed by atoms with E-state index >= 15 is 0 Å². The van der Waals surface area contributed by atoms with Crippen LogP contribution < -0.4 is 0 Å². The van der Waals surface area contributed by atoms with Crippen molar-refractivity contribution in [3.05, 3.63) is 0 Å². The molecule has 17 nitrogen and oxygen atoms in total. The van der Waals surface area contributed by atoms with Crippen molar-refractivity contribution in [2.75, 3.05) is 39.6 Å². The summed E-state index contributed by atoms with van der Waals surface area (Å²) < 4.78 is 68.2. The quantitative estimate of drug-likeness (QED) is 0.0222. The Labute approximate surface area is 543 Å². The van der Waals surface area contributed by atoms with E-state index in [-0.39, 0.29) is 25.7 Å². The zero-order valence-electron chi connectivity index (χ0n) is 57.7. The summed E-state index contributed by atoms with van der Waals surface area (Å²) in [6, 6.07) is 0. The molecule has 0 saturated heterocycles. The van der Waals surface area contributed by atoms with Gasteiger partial charge in [0.05, 0.1) is 26.4 Å². The van der Waals surface area contributed by atoms with Gasteiger partial charge in [-0.1, -0.05) is 305 Å². The van der Waals surface area contributed by atoms with Crippen LogP contribution in [0.4, 0.5) is 0 Å². The second-order valence-electron chi connectivity index (χ2n) is 26.2. The van der Waals surface area contributed by atoms with Crippen LogP contribution in [0.25, 0.3) is 0 Å². The van der Waals surface area contributed by atoms with Crippen molar-refractivity contribution in [3.8, 4) is 0 Å². The molecule has 0 aliphatic heterocycles. The van der Waals surface area contributed by atoms with E-state index in [0.717, 1.165) is 115 Å². The van der Waals surface area contributed by atoms with Gasteiger partial charge in [0, 0.05) is 25.7 Å². The summed E-state index contributed by atoms with van der Waals surface area (Å²) >= 11 is 0. The standard InChI is InChI=1S/C70H136O17P2/c1-7-9-11-13-15-16-17-18-19-23-29-35-41-47-53-68(73)81-59-66(87-69(74)54-48-42-36-30-24-21-20-22-27-33-38-44-50-62(3)4)61-85-89(78,79)83-57-64(71)56-82-88(76,77)84-60-65(58-80-67(72)52-46-40-32-14-12-10-8-2)86-70(75)55-49-43-37-31-26-25-28-34-39-45-51-63(5)6/h62-66,71H,7-61H2,1-6H3,(H,76,77)(H,78,79)/t64-,65+,66+/m0/s1. The molecular weight excluding hydrogens is 1170 g/mol. The first-order valence-corrected chi connectivity index (χ1v) is 39.5. The third-order valence-electron chi connectivity index (χ3n) is 16.2. The Balaban J connectivity index is 5.21. The average Bonchev–Trinajstić information content (AvgIpc) is 3.71. The van der Waals surface area contributed by atoms with E-state index in [0.29, 0.717) is 25.7 Å². The highest BCUT2D eigenvalue weighted by Gasteiger charge is 2.30. The Bertz CT molecular complexity index is 1730. The topological polar surface area (TPSA) is 237 Å². The summed E-state index contributed by atoms with van der Waals surface area (Å²) in [5.41, 5.74) is 0. The van der Waals surface area contributed by atoms with E-state index in [9.17, 15) is 43.2 Å². The van der Waals surface area contributed by atoms with E-state index in [1.165, 1.54) is 161 Å².